The highest BCUT2D eigenvalue weighted by Crippen LogP contribution is 2.56. The molecule has 0 amide bonds. The largest absolute Gasteiger partial charge is 0.452 e. The van der Waals surface area contributed by atoms with Crippen LogP contribution >= 0.6 is 7.60 Å². The van der Waals surface area contributed by atoms with Crippen LogP contribution in [-0.2, 0) is 27.8 Å². The zero-order valence-electron chi connectivity index (χ0n) is 20.2. The number of alkyl halides is 2. The number of rotatable bonds is 11. The van der Waals surface area contributed by atoms with E-state index < -0.39 is 56.0 Å². The van der Waals surface area contributed by atoms with Crippen molar-refractivity contribution in [3.63, 3.8) is 0 Å². The first-order valence-electron chi connectivity index (χ1n) is 11.5. The predicted molar refractivity (Wildman–Crippen MR) is 126 cm³/mol. The zero-order chi connectivity index (χ0) is 26.3. The molecule has 2 aromatic carbocycles. The SMILES string of the molecule is CCOP(=O)(OCC)C(F)C[C@H]1OC(OC(=O)c2ccccc2)C(C)(F)[C@@H]1OC(=O)c1ccccc1. The second kappa shape index (κ2) is 12.1. The van der Waals surface area contributed by atoms with Crippen molar-refractivity contribution in [2.75, 3.05) is 13.2 Å². The lowest BCUT2D eigenvalue weighted by molar-refractivity contribution is -0.146. The standard InChI is InChI=1S/C25H29F2O8P/c1-4-31-36(30,32-5-2)20(26)16-19-21(34-22(28)17-12-8-6-9-13-17)25(3,27)24(33-19)35-23(29)18-14-10-7-11-15-18/h6-15,19-21,24H,4-5,16H2,1-3H3/t19-,20?,21-,24?,25?/m1/s1. The number of ether oxygens (including phenoxy) is 3. The summed E-state index contributed by atoms with van der Waals surface area (Å²) in [6.07, 6.45) is -5.71. The van der Waals surface area contributed by atoms with E-state index in [9.17, 15) is 14.2 Å². The van der Waals surface area contributed by atoms with Crippen LogP contribution in [0, 0.1) is 0 Å². The Morgan fingerprint density at radius 1 is 0.944 bits per heavy atom. The number of carbonyl (C=O) groups is 2. The summed E-state index contributed by atoms with van der Waals surface area (Å²) in [6, 6.07) is 15.6. The van der Waals surface area contributed by atoms with Crippen LogP contribution < -0.4 is 0 Å². The highest BCUT2D eigenvalue weighted by molar-refractivity contribution is 7.54. The lowest BCUT2D eigenvalue weighted by atomic mass is 9.97. The molecule has 1 heterocycles. The molecule has 5 atom stereocenters. The third-order valence-electron chi connectivity index (χ3n) is 5.51. The van der Waals surface area contributed by atoms with Crippen molar-refractivity contribution in [3.8, 4) is 0 Å². The third-order valence-corrected chi connectivity index (χ3v) is 7.64. The van der Waals surface area contributed by atoms with Gasteiger partial charge < -0.3 is 23.3 Å². The van der Waals surface area contributed by atoms with Gasteiger partial charge in [-0.15, -0.1) is 0 Å². The average Bonchev–Trinajstić information content (AvgIpc) is 3.09. The van der Waals surface area contributed by atoms with Gasteiger partial charge in [0.15, 0.2) is 6.10 Å². The molecule has 0 N–H and O–H groups in total. The van der Waals surface area contributed by atoms with Crippen molar-refractivity contribution >= 4 is 19.5 Å². The minimum atomic E-state index is -4.24. The summed E-state index contributed by atoms with van der Waals surface area (Å²) in [7, 11) is -4.24. The average molecular weight is 526 g/mol. The first kappa shape index (κ1) is 27.9. The van der Waals surface area contributed by atoms with Gasteiger partial charge in [-0.1, -0.05) is 36.4 Å². The molecule has 0 radical (unpaired) electrons. The Bertz CT molecular complexity index is 1060. The zero-order valence-corrected chi connectivity index (χ0v) is 21.1. The van der Waals surface area contributed by atoms with Crippen LogP contribution in [0.3, 0.4) is 0 Å². The molecule has 36 heavy (non-hydrogen) atoms. The van der Waals surface area contributed by atoms with E-state index >= 15 is 8.78 Å². The Balaban J connectivity index is 1.87. The normalized spacial score (nSPS) is 24.8. The topological polar surface area (TPSA) is 97.4 Å². The fourth-order valence-electron chi connectivity index (χ4n) is 3.75. The molecule has 3 unspecified atom stereocenters. The molecular weight excluding hydrogens is 497 g/mol. The molecular formula is C25H29F2O8P. The summed E-state index contributed by atoms with van der Waals surface area (Å²) in [5.41, 5.74) is -2.30. The van der Waals surface area contributed by atoms with E-state index in [1.54, 1.807) is 36.4 Å². The molecule has 0 aliphatic carbocycles. The van der Waals surface area contributed by atoms with Gasteiger partial charge in [0.05, 0.1) is 24.3 Å². The first-order valence-corrected chi connectivity index (χ1v) is 13.1. The molecule has 8 nitrogen and oxygen atoms in total. The lowest BCUT2D eigenvalue weighted by Gasteiger charge is -2.28. The molecule has 0 aromatic heterocycles. The highest BCUT2D eigenvalue weighted by atomic mass is 31.2. The maximum atomic E-state index is 16.1. The quantitative estimate of drug-likeness (QED) is 0.281. The molecule has 0 saturated carbocycles. The van der Waals surface area contributed by atoms with Crippen molar-refractivity contribution in [2.45, 2.75) is 57.3 Å². The lowest BCUT2D eigenvalue weighted by Crippen LogP contribution is -2.46. The van der Waals surface area contributed by atoms with Crippen LogP contribution in [0.5, 0.6) is 0 Å². The number of halogens is 2. The molecule has 3 rings (SSSR count). The Morgan fingerprint density at radius 2 is 1.42 bits per heavy atom. The van der Waals surface area contributed by atoms with E-state index in [0.29, 0.717) is 0 Å². The van der Waals surface area contributed by atoms with Crippen molar-refractivity contribution < 1.29 is 46.2 Å². The van der Waals surface area contributed by atoms with E-state index in [-0.39, 0.29) is 24.3 Å². The Morgan fingerprint density at radius 3 is 1.89 bits per heavy atom. The molecule has 196 valence electrons. The summed E-state index contributed by atoms with van der Waals surface area (Å²) in [4.78, 5) is 25.3. The first-order chi connectivity index (χ1) is 17.1. The minimum Gasteiger partial charge on any atom is -0.452 e. The number of esters is 2. The Kier molecular flexibility index (Phi) is 9.35. The van der Waals surface area contributed by atoms with Gasteiger partial charge >= 0.3 is 19.5 Å². The minimum absolute atomic E-state index is 0.0895. The molecule has 1 saturated heterocycles. The van der Waals surface area contributed by atoms with E-state index in [1.807, 2.05) is 0 Å². The van der Waals surface area contributed by atoms with Crippen molar-refractivity contribution in [2.24, 2.45) is 0 Å². The van der Waals surface area contributed by atoms with Crippen LogP contribution in [0.1, 0.15) is 47.9 Å². The predicted octanol–water partition coefficient (Wildman–Crippen LogP) is 5.47. The number of hydrogen-bond donors (Lipinski definition) is 0. The van der Waals surface area contributed by atoms with Gasteiger partial charge in [-0.25, -0.2) is 18.4 Å². The summed E-state index contributed by atoms with van der Waals surface area (Å²) in [5.74, 6) is -4.00. The van der Waals surface area contributed by atoms with Crippen LogP contribution in [0.4, 0.5) is 8.78 Å². The molecule has 0 bridgehead atoms. The number of hydrogen-bond acceptors (Lipinski definition) is 8. The fraction of sp³-hybridized carbons (Fsp3) is 0.440. The number of carbonyl (C=O) groups excluding carboxylic acids is 2. The molecule has 2 aromatic rings. The van der Waals surface area contributed by atoms with Gasteiger partial charge in [0.2, 0.25) is 17.9 Å². The van der Waals surface area contributed by atoms with Gasteiger partial charge in [-0.05, 0) is 45.0 Å². The van der Waals surface area contributed by atoms with Gasteiger partial charge in [0.1, 0.15) is 6.10 Å². The monoisotopic (exact) mass is 526 g/mol. The van der Waals surface area contributed by atoms with E-state index in [4.69, 9.17) is 23.3 Å². The second-order valence-electron chi connectivity index (χ2n) is 8.17. The maximum absolute atomic E-state index is 16.1. The summed E-state index contributed by atoms with van der Waals surface area (Å²) >= 11 is 0. The van der Waals surface area contributed by atoms with E-state index in [0.717, 1.165) is 6.92 Å². The van der Waals surface area contributed by atoms with Gasteiger partial charge in [-0.3, -0.25) is 4.57 Å². The van der Waals surface area contributed by atoms with Crippen molar-refractivity contribution in [1.82, 2.24) is 0 Å². The molecule has 0 spiro atoms. The summed E-state index contributed by atoms with van der Waals surface area (Å²) in [6.45, 7) is 3.89. The van der Waals surface area contributed by atoms with Crippen LogP contribution in [0.15, 0.2) is 60.7 Å². The smallest absolute Gasteiger partial charge is 0.364 e. The Hall–Kier alpha value is -2.65. The number of benzene rings is 2. The van der Waals surface area contributed by atoms with Crippen molar-refractivity contribution in [1.29, 1.82) is 0 Å². The molecule has 1 fully saturated rings. The van der Waals surface area contributed by atoms with Crippen LogP contribution in [0.2, 0.25) is 0 Å². The summed E-state index contributed by atoms with van der Waals surface area (Å²) < 4.78 is 70.5. The second-order valence-corrected chi connectivity index (χ2v) is 10.3. The fourth-order valence-corrected chi connectivity index (χ4v) is 5.33. The van der Waals surface area contributed by atoms with E-state index in [2.05, 4.69) is 0 Å². The third kappa shape index (κ3) is 6.37. The van der Waals surface area contributed by atoms with Crippen molar-refractivity contribution in [3.05, 3.63) is 71.8 Å². The van der Waals surface area contributed by atoms with E-state index in [1.165, 1.54) is 38.1 Å². The summed E-state index contributed by atoms with van der Waals surface area (Å²) in [5, 5.41) is 0. The van der Waals surface area contributed by atoms with Gasteiger partial charge in [-0.2, -0.15) is 0 Å². The van der Waals surface area contributed by atoms with Gasteiger partial charge in [0, 0.05) is 6.42 Å². The molecule has 11 heteroatoms. The maximum Gasteiger partial charge on any atom is 0.364 e. The van der Waals surface area contributed by atoms with Gasteiger partial charge in [0.25, 0.3) is 0 Å². The van der Waals surface area contributed by atoms with Crippen LogP contribution in [0.25, 0.3) is 0 Å². The molecule has 1 aliphatic heterocycles. The Labute approximate surface area is 208 Å². The molecule has 1 aliphatic rings. The van der Waals surface area contributed by atoms with Crippen LogP contribution in [-0.4, -0.2) is 55.2 Å². The highest BCUT2D eigenvalue weighted by Gasteiger charge is 2.60.